The first kappa shape index (κ1) is 11.5. The lowest BCUT2D eigenvalue weighted by atomic mass is 9.93. The van der Waals surface area contributed by atoms with Gasteiger partial charge in [-0.25, -0.2) is 4.79 Å². The normalized spacial score (nSPS) is 14.3. The lowest BCUT2D eigenvalue weighted by Crippen LogP contribution is -2.43. The van der Waals surface area contributed by atoms with Gasteiger partial charge in [-0.05, 0) is 31.5 Å². The Labute approximate surface area is 88.7 Å². The molecule has 0 spiro atoms. The summed E-state index contributed by atoms with van der Waals surface area (Å²) in [6.07, 6.45) is 0. The van der Waals surface area contributed by atoms with Gasteiger partial charge in [0.05, 0.1) is 6.61 Å². The molecule has 0 saturated heterocycles. The zero-order chi connectivity index (χ0) is 11.5. The minimum absolute atomic E-state index is 0.137. The maximum absolute atomic E-state index is 11.5. The first-order valence-electron chi connectivity index (χ1n) is 4.74. The Morgan fingerprint density at radius 3 is 2.47 bits per heavy atom. The Hall–Kier alpha value is -1.55. The van der Waals surface area contributed by atoms with Crippen molar-refractivity contribution in [1.82, 2.24) is 0 Å². The van der Waals surface area contributed by atoms with Gasteiger partial charge in [-0.2, -0.15) is 0 Å². The van der Waals surface area contributed by atoms with Gasteiger partial charge >= 0.3 is 5.97 Å². The molecule has 0 aliphatic carbocycles. The summed E-state index contributed by atoms with van der Waals surface area (Å²) < 4.78 is 4.86. The zero-order valence-electron chi connectivity index (χ0n) is 8.86. The van der Waals surface area contributed by atoms with E-state index in [1.54, 1.807) is 26.0 Å². The molecule has 0 saturated carbocycles. The lowest BCUT2D eigenvalue weighted by Gasteiger charge is -2.22. The number of hydrogen-bond acceptors (Lipinski definition) is 4. The Balaban J connectivity index is 2.94. The zero-order valence-corrected chi connectivity index (χ0v) is 8.86. The summed E-state index contributed by atoms with van der Waals surface area (Å²) in [6.45, 7) is 3.60. The molecule has 1 unspecified atom stereocenters. The SMILES string of the molecule is CCOC(=O)C(C)(N)c1ccc(O)cc1. The van der Waals surface area contributed by atoms with E-state index < -0.39 is 11.5 Å². The third-order valence-electron chi connectivity index (χ3n) is 2.17. The van der Waals surface area contributed by atoms with E-state index in [1.165, 1.54) is 12.1 Å². The smallest absolute Gasteiger partial charge is 0.330 e. The van der Waals surface area contributed by atoms with Crippen LogP contribution >= 0.6 is 0 Å². The van der Waals surface area contributed by atoms with Crippen molar-refractivity contribution in [3.8, 4) is 5.75 Å². The van der Waals surface area contributed by atoms with Crippen molar-refractivity contribution in [2.24, 2.45) is 5.73 Å². The van der Waals surface area contributed by atoms with Gasteiger partial charge in [0, 0.05) is 0 Å². The van der Waals surface area contributed by atoms with Crippen molar-refractivity contribution < 1.29 is 14.6 Å². The molecule has 0 aliphatic heterocycles. The molecule has 1 atom stereocenters. The average molecular weight is 209 g/mol. The fraction of sp³-hybridized carbons (Fsp3) is 0.364. The van der Waals surface area contributed by atoms with Crippen LogP contribution in [0.25, 0.3) is 0 Å². The third kappa shape index (κ3) is 2.47. The molecule has 0 bridgehead atoms. The molecule has 1 aromatic rings. The number of phenols is 1. The summed E-state index contributed by atoms with van der Waals surface area (Å²) >= 11 is 0. The molecule has 0 aliphatic rings. The van der Waals surface area contributed by atoms with Crippen LogP contribution in [0.15, 0.2) is 24.3 Å². The molecule has 0 amide bonds. The quantitative estimate of drug-likeness (QED) is 0.732. The average Bonchev–Trinajstić information content (AvgIpc) is 2.18. The standard InChI is InChI=1S/C11H15NO3/c1-3-15-10(14)11(2,12)8-4-6-9(13)7-5-8/h4-7,13H,3,12H2,1-2H3. The van der Waals surface area contributed by atoms with Crippen LogP contribution in [0.1, 0.15) is 19.4 Å². The number of aromatic hydroxyl groups is 1. The Bertz CT molecular complexity index is 343. The van der Waals surface area contributed by atoms with Gasteiger partial charge in [0.1, 0.15) is 11.3 Å². The first-order valence-corrected chi connectivity index (χ1v) is 4.74. The largest absolute Gasteiger partial charge is 0.508 e. The number of ether oxygens (including phenoxy) is 1. The van der Waals surface area contributed by atoms with Crippen LogP contribution in [0.3, 0.4) is 0 Å². The van der Waals surface area contributed by atoms with Crippen molar-refractivity contribution in [3.05, 3.63) is 29.8 Å². The molecule has 0 fully saturated rings. The third-order valence-corrected chi connectivity index (χ3v) is 2.17. The van der Waals surface area contributed by atoms with Crippen LogP contribution in [0, 0.1) is 0 Å². The maximum atomic E-state index is 11.5. The second-order valence-corrected chi connectivity index (χ2v) is 3.47. The maximum Gasteiger partial charge on any atom is 0.330 e. The second-order valence-electron chi connectivity index (χ2n) is 3.47. The minimum Gasteiger partial charge on any atom is -0.508 e. The van der Waals surface area contributed by atoms with Gasteiger partial charge in [0.2, 0.25) is 0 Å². The predicted molar refractivity (Wildman–Crippen MR) is 56.3 cm³/mol. The highest BCUT2D eigenvalue weighted by Gasteiger charge is 2.31. The van der Waals surface area contributed by atoms with Crippen molar-refractivity contribution >= 4 is 5.97 Å². The summed E-state index contributed by atoms with van der Waals surface area (Å²) in [6, 6.07) is 6.18. The lowest BCUT2D eigenvalue weighted by molar-refractivity contribution is -0.149. The van der Waals surface area contributed by atoms with Gasteiger partial charge in [0.15, 0.2) is 0 Å². The van der Waals surface area contributed by atoms with Crippen molar-refractivity contribution in [2.75, 3.05) is 6.61 Å². The fourth-order valence-electron chi connectivity index (χ4n) is 1.21. The highest BCUT2D eigenvalue weighted by molar-refractivity contribution is 5.81. The second kappa shape index (κ2) is 4.31. The van der Waals surface area contributed by atoms with E-state index in [0.29, 0.717) is 12.2 Å². The van der Waals surface area contributed by atoms with E-state index in [9.17, 15) is 4.79 Å². The monoisotopic (exact) mass is 209 g/mol. The van der Waals surface area contributed by atoms with Crippen LogP contribution in [0.4, 0.5) is 0 Å². The number of benzene rings is 1. The summed E-state index contributed by atoms with van der Waals surface area (Å²) in [5.41, 5.74) is 5.29. The number of carbonyl (C=O) groups is 1. The first-order chi connectivity index (χ1) is 6.98. The summed E-state index contributed by atoms with van der Waals surface area (Å²) in [7, 11) is 0. The topological polar surface area (TPSA) is 72.5 Å². The van der Waals surface area contributed by atoms with E-state index in [4.69, 9.17) is 15.6 Å². The van der Waals surface area contributed by atoms with Crippen molar-refractivity contribution in [2.45, 2.75) is 19.4 Å². The molecular formula is C11H15NO3. The number of rotatable bonds is 3. The van der Waals surface area contributed by atoms with Gasteiger partial charge in [-0.3, -0.25) is 0 Å². The Morgan fingerprint density at radius 1 is 1.47 bits per heavy atom. The van der Waals surface area contributed by atoms with E-state index >= 15 is 0 Å². The van der Waals surface area contributed by atoms with Gasteiger partial charge < -0.3 is 15.6 Å². The van der Waals surface area contributed by atoms with E-state index in [0.717, 1.165) is 0 Å². The molecule has 0 aromatic heterocycles. The highest BCUT2D eigenvalue weighted by Crippen LogP contribution is 2.21. The molecule has 0 heterocycles. The number of hydrogen-bond donors (Lipinski definition) is 2. The molecule has 1 rings (SSSR count). The summed E-state index contributed by atoms with van der Waals surface area (Å²) in [4.78, 5) is 11.5. The number of phenolic OH excluding ortho intramolecular Hbond substituents is 1. The van der Waals surface area contributed by atoms with Gasteiger partial charge in [0.25, 0.3) is 0 Å². The van der Waals surface area contributed by atoms with Crippen molar-refractivity contribution in [1.29, 1.82) is 0 Å². The fourth-order valence-corrected chi connectivity index (χ4v) is 1.21. The molecule has 4 nitrogen and oxygen atoms in total. The molecular weight excluding hydrogens is 194 g/mol. The molecule has 3 N–H and O–H groups in total. The van der Waals surface area contributed by atoms with Crippen LogP contribution in [-0.2, 0) is 15.1 Å². The van der Waals surface area contributed by atoms with Crippen LogP contribution < -0.4 is 5.73 Å². The van der Waals surface area contributed by atoms with E-state index in [1.807, 2.05) is 0 Å². The van der Waals surface area contributed by atoms with Crippen LogP contribution in [0.2, 0.25) is 0 Å². The van der Waals surface area contributed by atoms with Crippen molar-refractivity contribution in [3.63, 3.8) is 0 Å². The summed E-state index contributed by atoms with van der Waals surface area (Å²) in [5, 5.41) is 9.11. The molecule has 1 aromatic carbocycles. The van der Waals surface area contributed by atoms with Gasteiger partial charge in [-0.1, -0.05) is 12.1 Å². The molecule has 15 heavy (non-hydrogen) atoms. The van der Waals surface area contributed by atoms with Gasteiger partial charge in [-0.15, -0.1) is 0 Å². The molecule has 82 valence electrons. The Kier molecular flexibility index (Phi) is 3.31. The van der Waals surface area contributed by atoms with E-state index in [2.05, 4.69) is 0 Å². The molecule has 4 heteroatoms. The van der Waals surface area contributed by atoms with E-state index in [-0.39, 0.29) is 5.75 Å². The number of esters is 1. The Morgan fingerprint density at radius 2 is 2.00 bits per heavy atom. The van der Waals surface area contributed by atoms with Crippen LogP contribution in [-0.4, -0.2) is 17.7 Å². The number of carbonyl (C=O) groups excluding carboxylic acids is 1. The molecule has 0 radical (unpaired) electrons. The minimum atomic E-state index is -1.18. The highest BCUT2D eigenvalue weighted by atomic mass is 16.5. The summed E-state index contributed by atoms with van der Waals surface area (Å²) in [5.74, 6) is -0.339. The number of nitrogens with two attached hydrogens (primary N) is 1. The predicted octanol–water partition coefficient (Wildman–Crippen LogP) is 1.13. The van der Waals surface area contributed by atoms with Crippen LogP contribution in [0.5, 0.6) is 5.75 Å².